The lowest BCUT2D eigenvalue weighted by molar-refractivity contribution is 0.252. The Morgan fingerprint density at radius 3 is 2.47 bits per heavy atom. The molecule has 0 bridgehead atoms. The van der Waals surface area contributed by atoms with Gasteiger partial charge in [-0.2, -0.15) is 0 Å². The smallest absolute Gasteiger partial charge is 0.147 e. The van der Waals surface area contributed by atoms with Crippen molar-refractivity contribution in [2.75, 3.05) is 13.2 Å². The molecule has 0 aromatic heterocycles. The summed E-state index contributed by atoms with van der Waals surface area (Å²) in [5, 5.41) is 12.2. The van der Waals surface area contributed by atoms with Crippen molar-refractivity contribution in [2.45, 2.75) is 38.3 Å². The van der Waals surface area contributed by atoms with Gasteiger partial charge in [0.15, 0.2) is 0 Å². The molecule has 106 valence electrons. The van der Waals surface area contributed by atoms with Crippen LogP contribution in [0.4, 0.5) is 0 Å². The van der Waals surface area contributed by atoms with Gasteiger partial charge >= 0.3 is 0 Å². The van der Waals surface area contributed by atoms with Crippen LogP contribution in [0.5, 0.6) is 5.75 Å². The van der Waals surface area contributed by atoms with E-state index in [2.05, 4.69) is 49.3 Å². The molecule has 1 aromatic carbocycles. The molecule has 0 radical (unpaired) electrons. The van der Waals surface area contributed by atoms with Crippen LogP contribution in [0.25, 0.3) is 0 Å². The standard InChI is InChI=1S/C14H19Br2NO2/c15-12-7-10(9-17-11-3-4-11)8-13(16)14(12)19-6-2-1-5-18/h7-8,11,17-18H,1-6,9H2. The number of rotatable bonds is 8. The predicted octanol–water partition coefficient (Wildman–Crippen LogP) is 3.61. The molecule has 1 aromatic rings. The molecule has 1 aliphatic rings. The predicted molar refractivity (Wildman–Crippen MR) is 83.5 cm³/mol. The van der Waals surface area contributed by atoms with Crippen molar-refractivity contribution in [3.05, 3.63) is 26.6 Å². The van der Waals surface area contributed by atoms with E-state index in [4.69, 9.17) is 9.84 Å². The molecule has 1 aliphatic carbocycles. The number of unbranched alkanes of at least 4 members (excludes halogenated alkanes) is 1. The quantitative estimate of drug-likeness (QED) is 0.664. The van der Waals surface area contributed by atoms with Gasteiger partial charge in [0.05, 0.1) is 15.6 Å². The lowest BCUT2D eigenvalue weighted by Gasteiger charge is -2.12. The Balaban J connectivity index is 1.91. The zero-order valence-electron chi connectivity index (χ0n) is 10.8. The van der Waals surface area contributed by atoms with Gasteiger partial charge in [0, 0.05) is 19.2 Å². The van der Waals surface area contributed by atoms with Crippen LogP contribution in [-0.2, 0) is 6.54 Å². The average molecular weight is 393 g/mol. The van der Waals surface area contributed by atoms with Crippen LogP contribution in [-0.4, -0.2) is 24.4 Å². The lowest BCUT2D eigenvalue weighted by atomic mass is 10.2. The van der Waals surface area contributed by atoms with Crippen LogP contribution >= 0.6 is 31.9 Å². The summed E-state index contributed by atoms with van der Waals surface area (Å²) >= 11 is 7.12. The van der Waals surface area contributed by atoms with E-state index in [1.54, 1.807) is 0 Å². The number of hydrogen-bond acceptors (Lipinski definition) is 3. The molecule has 1 fully saturated rings. The number of ether oxygens (including phenoxy) is 1. The van der Waals surface area contributed by atoms with Gasteiger partial charge in [-0.15, -0.1) is 0 Å². The maximum absolute atomic E-state index is 8.74. The van der Waals surface area contributed by atoms with Crippen molar-refractivity contribution in [1.82, 2.24) is 5.32 Å². The first-order valence-corrected chi connectivity index (χ1v) is 8.24. The van der Waals surface area contributed by atoms with Crippen molar-refractivity contribution in [2.24, 2.45) is 0 Å². The van der Waals surface area contributed by atoms with E-state index in [1.807, 2.05) is 0 Å². The molecule has 0 heterocycles. The van der Waals surface area contributed by atoms with Crippen molar-refractivity contribution < 1.29 is 9.84 Å². The molecule has 0 aliphatic heterocycles. The minimum atomic E-state index is 0.220. The van der Waals surface area contributed by atoms with Crippen LogP contribution < -0.4 is 10.1 Å². The summed E-state index contributed by atoms with van der Waals surface area (Å²) in [6, 6.07) is 4.91. The van der Waals surface area contributed by atoms with E-state index in [9.17, 15) is 0 Å². The summed E-state index contributed by atoms with van der Waals surface area (Å²) in [5.41, 5.74) is 1.24. The minimum Gasteiger partial charge on any atom is -0.491 e. The molecule has 5 heteroatoms. The van der Waals surface area contributed by atoms with E-state index in [1.165, 1.54) is 18.4 Å². The minimum absolute atomic E-state index is 0.220. The number of aliphatic hydroxyl groups excluding tert-OH is 1. The highest BCUT2D eigenvalue weighted by Gasteiger charge is 2.20. The summed E-state index contributed by atoms with van der Waals surface area (Å²) in [6.45, 7) is 1.74. The van der Waals surface area contributed by atoms with E-state index >= 15 is 0 Å². The average Bonchev–Trinajstić information content (AvgIpc) is 3.18. The molecular weight excluding hydrogens is 374 g/mol. The summed E-state index contributed by atoms with van der Waals surface area (Å²) < 4.78 is 7.68. The number of hydrogen-bond donors (Lipinski definition) is 2. The maximum atomic E-state index is 8.74. The Hall–Kier alpha value is -0.100. The molecule has 0 spiro atoms. The number of nitrogens with one attached hydrogen (secondary N) is 1. The maximum Gasteiger partial charge on any atom is 0.147 e. The van der Waals surface area contributed by atoms with Gasteiger partial charge in [0.1, 0.15) is 5.75 Å². The molecule has 2 N–H and O–H groups in total. The van der Waals surface area contributed by atoms with Gasteiger partial charge in [-0.1, -0.05) is 0 Å². The first-order valence-electron chi connectivity index (χ1n) is 6.65. The van der Waals surface area contributed by atoms with Crippen LogP contribution in [0, 0.1) is 0 Å². The van der Waals surface area contributed by atoms with Gasteiger partial charge in [0.2, 0.25) is 0 Å². The molecule has 3 nitrogen and oxygen atoms in total. The van der Waals surface area contributed by atoms with Crippen molar-refractivity contribution in [3.63, 3.8) is 0 Å². The highest BCUT2D eigenvalue weighted by Crippen LogP contribution is 2.35. The van der Waals surface area contributed by atoms with Crippen molar-refractivity contribution in [1.29, 1.82) is 0 Å². The third-order valence-electron chi connectivity index (χ3n) is 3.03. The fraction of sp³-hybridized carbons (Fsp3) is 0.571. The zero-order chi connectivity index (χ0) is 13.7. The van der Waals surface area contributed by atoms with Gasteiger partial charge < -0.3 is 15.2 Å². The third kappa shape index (κ3) is 5.06. The molecule has 19 heavy (non-hydrogen) atoms. The first-order chi connectivity index (χ1) is 9.20. The molecule has 0 atom stereocenters. The monoisotopic (exact) mass is 391 g/mol. The van der Waals surface area contributed by atoms with Gasteiger partial charge in [-0.25, -0.2) is 0 Å². The van der Waals surface area contributed by atoms with E-state index in [-0.39, 0.29) is 6.61 Å². The summed E-state index contributed by atoms with van der Waals surface area (Å²) in [6.07, 6.45) is 4.24. The van der Waals surface area contributed by atoms with E-state index < -0.39 is 0 Å². The van der Waals surface area contributed by atoms with Crippen LogP contribution in [0.1, 0.15) is 31.2 Å². The topological polar surface area (TPSA) is 41.5 Å². The molecular formula is C14H19Br2NO2. The van der Waals surface area contributed by atoms with E-state index in [0.717, 1.165) is 34.1 Å². The molecule has 1 saturated carbocycles. The Morgan fingerprint density at radius 1 is 1.21 bits per heavy atom. The highest BCUT2D eigenvalue weighted by atomic mass is 79.9. The third-order valence-corrected chi connectivity index (χ3v) is 4.21. The Bertz CT molecular complexity index is 399. The highest BCUT2D eigenvalue weighted by molar-refractivity contribution is 9.11. The number of aliphatic hydroxyl groups is 1. The lowest BCUT2D eigenvalue weighted by Crippen LogP contribution is -2.15. The molecule has 2 rings (SSSR count). The molecule has 0 unspecified atom stereocenters. The van der Waals surface area contributed by atoms with Crippen molar-refractivity contribution >= 4 is 31.9 Å². The van der Waals surface area contributed by atoms with Crippen LogP contribution in [0.2, 0.25) is 0 Å². The zero-order valence-corrected chi connectivity index (χ0v) is 14.0. The second kappa shape index (κ2) is 7.62. The summed E-state index contributed by atoms with van der Waals surface area (Å²) in [4.78, 5) is 0. The Labute approximate surface area is 131 Å². The second-order valence-electron chi connectivity index (χ2n) is 4.82. The van der Waals surface area contributed by atoms with E-state index in [0.29, 0.717) is 12.6 Å². The summed E-state index contributed by atoms with van der Waals surface area (Å²) in [7, 11) is 0. The fourth-order valence-corrected chi connectivity index (χ4v) is 3.30. The molecule has 0 amide bonds. The summed E-state index contributed by atoms with van der Waals surface area (Å²) in [5.74, 6) is 0.841. The SMILES string of the molecule is OCCCCOc1c(Br)cc(CNC2CC2)cc1Br. The van der Waals surface area contributed by atoms with Gasteiger partial charge in [0.25, 0.3) is 0 Å². The van der Waals surface area contributed by atoms with Crippen LogP contribution in [0.3, 0.4) is 0 Å². The number of halogens is 2. The normalized spacial score (nSPS) is 14.7. The number of benzene rings is 1. The van der Waals surface area contributed by atoms with Gasteiger partial charge in [-0.05, 0) is 75.2 Å². The second-order valence-corrected chi connectivity index (χ2v) is 6.53. The largest absolute Gasteiger partial charge is 0.491 e. The van der Waals surface area contributed by atoms with Crippen LogP contribution in [0.15, 0.2) is 21.1 Å². The van der Waals surface area contributed by atoms with Crippen molar-refractivity contribution in [3.8, 4) is 5.75 Å². The first kappa shape index (κ1) is 15.3. The Morgan fingerprint density at radius 2 is 1.89 bits per heavy atom. The molecule has 0 saturated heterocycles. The van der Waals surface area contributed by atoms with Gasteiger partial charge in [-0.3, -0.25) is 0 Å². The Kier molecular flexibility index (Phi) is 6.13. The fourth-order valence-electron chi connectivity index (χ4n) is 1.79.